The van der Waals surface area contributed by atoms with Gasteiger partial charge in [-0.3, -0.25) is 4.79 Å². The van der Waals surface area contributed by atoms with Crippen LogP contribution in [0.15, 0.2) is 0 Å². The number of hydrogen-bond acceptors (Lipinski definition) is 3. The Morgan fingerprint density at radius 2 is 1.85 bits per heavy atom. The number of carboxylic acid groups (broad SMARTS) is 1. The predicted octanol–water partition coefficient (Wildman–Crippen LogP) is 1.44. The first kappa shape index (κ1) is 17.4. The molecule has 1 saturated heterocycles. The largest absolute Gasteiger partial charge is 0.481 e. The van der Waals surface area contributed by atoms with E-state index in [1.807, 2.05) is 13.8 Å². The first-order valence-electron chi connectivity index (χ1n) is 7.28. The molecule has 0 aromatic rings. The van der Waals surface area contributed by atoms with Crippen molar-refractivity contribution in [2.75, 3.05) is 19.6 Å². The molecule has 0 aliphatic carbocycles. The number of carboxylic acids is 1. The van der Waals surface area contributed by atoms with Gasteiger partial charge in [0.2, 0.25) is 0 Å². The molecule has 1 fully saturated rings. The van der Waals surface area contributed by atoms with Gasteiger partial charge in [0.1, 0.15) is 0 Å². The summed E-state index contributed by atoms with van der Waals surface area (Å²) in [6.45, 7) is 5.33. The van der Waals surface area contributed by atoms with Crippen molar-refractivity contribution in [2.45, 2.75) is 46.0 Å². The molecule has 1 unspecified atom stereocenters. The minimum Gasteiger partial charge on any atom is -0.481 e. The Morgan fingerprint density at radius 3 is 2.35 bits per heavy atom. The quantitative estimate of drug-likeness (QED) is 0.710. The zero-order chi connectivity index (χ0) is 15.2. The van der Waals surface area contributed by atoms with Gasteiger partial charge in [-0.25, -0.2) is 4.72 Å². The van der Waals surface area contributed by atoms with E-state index in [-0.39, 0.29) is 18.9 Å². The summed E-state index contributed by atoms with van der Waals surface area (Å²) < 4.78 is 28.3. The lowest BCUT2D eigenvalue weighted by atomic mass is 9.94. The van der Waals surface area contributed by atoms with E-state index in [4.69, 9.17) is 5.11 Å². The van der Waals surface area contributed by atoms with Gasteiger partial charge in [-0.05, 0) is 31.1 Å². The van der Waals surface area contributed by atoms with Gasteiger partial charge in [-0.15, -0.1) is 0 Å². The Labute approximate surface area is 121 Å². The third-order valence-electron chi connectivity index (χ3n) is 3.48. The van der Waals surface area contributed by atoms with Crippen molar-refractivity contribution in [1.29, 1.82) is 0 Å². The second-order valence-corrected chi connectivity index (χ2v) is 7.66. The van der Waals surface area contributed by atoms with Gasteiger partial charge in [0.15, 0.2) is 0 Å². The number of nitrogens with zero attached hydrogens (tertiary/aromatic N) is 1. The molecule has 0 bridgehead atoms. The van der Waals surface area contributed by atoms with Crippen LogP contribution in [0.4, 0.5) is 0 Å². The highest BCUT2D eigenvalue weighted by Gasteiger charge is 2.25. The molecule has 0 aromatic carbocycles. The zero-order valence-electron chi connectivity index (χ0n) is 12.3. The smallest absolute Gasteiger partial charge is 0.303 e. The molecule has 0 spiro atoms. The van der Waals surface area contributed by atoms with Crippen LogP contribution >= 0.6 is 0 Å². The molecule has 1 rings (SSSR count). The summed E-state index contributed by atoms with van der Waals surface area (Å²) in [5.74, 6) is -0.696. The molecule has 1 heterocycles. The Kier molecular flexibility index (Phi) is 6.91. The first-order chi connectivity index (χ1) is 9.31. The Balaban J connectivity index is 2.53. The van der Waals surface area contributed by atoms with Gasteiger partial charge in [-0.1, -0.05) is 20.3 Å². The van der Waals surface area contributed by atoms with Crippen LogP contribution in [0, 0.1) is 11.8 Å². The number of aliphatic carboxylic acids is 1. The van der Waals surface area contributed by atoms with Crippen molar-refractivity contribution in [3.8, 4) is 0 Å². The maximum atomic E-state index is 12.1. The topological polar surface area (TPSA) is 86.7 Å². The van der Waals surface area contributed by atoms with Crippen molar-refractivity contribution in [3.05, 3.63) is 0 Å². The molecule has 118 valence electrons. The van der Waals surface area contributed by atoms with Crippen LogP contribution in [-0.2, 0) is 15.0 Å². The normalized spacial score (nSPS) is 19.1. The molecule has 7 heteroatoms. The maximum Gasteiger partial charge on any atom is 0.303 e. The van der Waals surface area contributed by atoms with Crippen LogP contribution in [-0.4, -0.2) is 43.4 Å². The summed E-state index contributed by atoms with van der Waals surface area (Å²) in [6, 6.07) is 0. The van der Waals surface area contributed by atoms with Crippen molar-refractivity contribution in [1.82, 2.24) is 9.03 Å². The van der Waals surface area contributed by atoms with Crippen molar-refractivity contribution < 1.29 is 18.3 Å². The van der Waals surface area contributed by atoms with Crippen molar-refractivity contribution in [2.24, 2.45) is 11.8 Å². The molecule has 1 aliphatic rings. The van der Waals surface area contributed by atoms with E-state index < -0.39 is 16.2 Å². The highest BCUT2D eigenvalue weighted by atomic mass is 32.2. The maximum absolute atomic E-state index is 12.1. The molecule has 2 N–H and O–H groups in total. The molecule has 0 radical (unpaired) electrons. The molecule has 1 atom stereocenters. The first-order valence-corrected chi connectivity index (χ1v) is 8.72. The monoisotopic (exact) mass is 306 g/mol. The second kappa shape index (κ2) is 7.95. The fourth-order valence-corrected chi connectivity index (χ4v) is 3.94. The molecule has 0 amide bonds. The third kappa shape index (κ3) is 6.19. The van der Waals surface area contributed by atoms with Crippen LogP contribution in [0.25, 0.3) is 0 Å². The van der Waals surface area contributed by atoms with E-state index in [0.717, 1.165) is 19.3 Å². The lowest BCUT2D eigenvalue weighted by Gasteiger charge is -2.27. The molecule has 0 saturated carbocycles. The molecular formula is C13H26N2O4S. The van der Waals surface area contributed by atoms with Crippen molar-refractivity contribution >= 4 is 16.2 Å². The van der Waals surface area contributed by atoms with Gasteiger partial charge in [-0.2, -0.15) is 12.7 Å². The second-order valence-electron chi connectivity index (χ2n) is 5.91. The van der Waals surface area contributed by atoms with Crippen LogP contribution < -0.4 is 4.72 Å². The molecule has 1 aliphatic heterocycles. The van der Waals surface area contributed by atoms with Gasteiger partial charge in [0.25, 0.3) is 10.2 Å². The number of rotatable bonds is 8. The average Bonchev–Trinajstić information content (AvgIpc) is 2.36. The van der Waals surface area contributed by atoms with Crippen LogP contribution in [0.1, 0.15) is 46.0 Å². The van der Waals surface area contributed by atoms with E-state index in [0.29, 0.717) is 25.4 Å². The summed E-state index contributed by atoms with van der Waals surface area (Å²) in [4.78, 5) is 10.8. The van der Waals surface area contributed by atoms with E-state index in [1.54, 1.807) is 0 Å². The number of hydrogen-bond donors (Lipinski definition) is 2. The third-order valence-corrected chi connectivity index (χ3v) is 5.05. The van der Waals surface area contributed by atoms with E-state index >= 15 is 0 Å². The van der Waals surface area contributed by atoms with Gasteiger partial charge < -0.3 is 5.11 Å². The highest BCUT2D eigenvalue weighted by Crippen LogP contribution is 2.16. The minimum atomic E-state index is -3.46. The van der Waals surface area contributed by atoms with E-state index in [9.17, 15) is 13.2 Å². The van der Waals surface area contributed by atoms with Crippen LogP contribution in [0.2, 0.25) is 0 Å². The highest BCUT2D eigenvalue weighted by molar-refractivity contribution is 7.87. The SMILES string of the molecule is CC(C)CC(CNS(=O)(=O)N1CCCCC1)CC(=O)O. The standard InChI is InChI=1S/C13H26N2O4S/c1-11(2)8-12(9-13(16)17)10-14-20(18,19)15-6-4-3-5-7-15/h11-12,14H,3-10H2,1-2H3,(H,16,17). The number of piperidine rings is 1. The van der Waals surface area contributed by atoms with Gasteiger partial charge in [0.05, 0.1) is 0 Å². The summed E-state index contributed by atoms with van der Waals surface area (Å²) in [6.07, 6.45) is 3.56. The number of carbonyl (C=O) groups is 1. The molecule has 6 nitrogen and oxygen atoms in total. The van der Waals surface area contributed by atoms with Crippen LogP contribution in [0.5, 0.6) is 0 Å². The van der Waals surface area contributed by atoms with E-state index in [1.165, 1.54) is 4.31 Å². The summed E-state index contributed by atoms with van der Waals surface area (Å²) >= 11 is 0. The van der Waals surface area contributed by atoms with Crippen molar-refractivity contribution in [3.63, 3.8) is 0 Å². The lowest BCUT2D eigenvalue weighted by Crippen LogP contribution is -2.45. The lowest BCUT2D eigenvalue weighted by molar-refractivity contribution is -0.138. The summed E-state index contributed by atoms with van der Waals surface area (Å²) in [7, 11) is -3.46. The molecule has 0 aromatic heterocycles. The van der Waals surface area contributed by atoms with Crippen LogP contribution in [0.3, 0.4) is 0 Å². The minimum absolute atomic E-state index is 0.000694. The van der Waals surface area contributed by atoms with Gasteiger partial charge in [0, 0.05) is 26.1 Å². The average molecular weight is 306 g/mol. The summed E-state index contributed by atoms with van der Waals surface area (Å²) in [5.41, 5.74) is 0. The fraction of sp³-hybridized carbons (Fsp3) is 0.923. The number of nitrogens with one attached hydrogen (secondary N) is 1. The van der Waals surface area contributed by atoms with E-state index in [2.05, 4.69) is 4.72 Å². The molecular weight excluding hydrogens is 280 g/mol. The predicted molar refractivity (Wildman–Crippen MR) is 77.5 cm³/mol. The Hall–Kier alpha value is -0.660. The molecule has 20 heavy (non-hydrogen) atoms. The Bertz CT molecular complexity index is 403. The van der Waals surface area contributed by atoms with Gasteiger partial charge >= 0.3 is 5.97 Å². The fourth-order valence-electron chi connectivity index (χ4n) is 2.57. The zero-order valence-corrected chi connectivity index (χ0v) is 13.2. The summed E-state index contributed by atoms with van der Waals surface area (Å²) in [5, 5.41) is 8.89. The Morgan fingerprint density at radius 1 is 1.25 bits per heavy atom.